The minimum atomic E-state index is -3.92. The van der Waals surface area contributed by atoms with Crippen LogP contribution in [0.2, 0.25) is 0 Å². The zero-order valence-corrected chi connectivity index (χ0v) is 16.1. The Balaban J connectivity index is 1.82. The molecule has 1 heterocycles. The van der Waals surface area contributed by atoms with Gasteiger partial charge >= 0.3 is 5.97 Å². The number of sulfonamides is 1. The van der Waals surface area contributed by atoms with E-state index in [1.165, 1.54) is 18.2 Å². The van der Waals surface area contributed by atoms with E-state index in [1.54, 1.807) is 17.8 Å². The van der Waals surface area contributed by atoms with Gasteiger partial charge in [0, 0.05) is 23.4 Å². The van der Waals surface area contributed by atoms with Crippen molar-refractivity contribution < 1.29 is 28.4 Å². The summed E-state index contributed by atoms with van der Waals surface area (Å²) in [6.07, 6.45) is 3.55. The Morgan fingerprint density at radius 2 is 2.29 bits per heavy atom. The third kappa shape index (κ3) is 4.39. The highest BCUT2D eigenvalue weighted by Crippen LogP contribution is 2.31. The van der Waals surface area contributed by atoms with Crippen LogP contribution in [0.1, 0.15) is 37.1 Å². The molecule has 0 fully saturated rings. The Bertz CT molecular complexity index is 956. The summed E-state index contributed by atoms with van der Waals surface area (Å²) in [4.78, 5) is 11.6. The molecular formula is C17H22N4O6S. The summed E-state index contributed by atoms with van der Waals surface area (Å²) >= 11 is 0. The molecular weight excluding hydrogens is 388 g/mol. The number of carbonyl (C=O) groups excluding carboxylic acids is 1. The highest BCUT2D eigenvalue weighted by Gasteiger charge is 2.29. The first-order valence-electron chi connectivity index (χ1n) is 8.87. The van der Waals surface area contributed by atoms with Crippen molar-refractivity contribution in [2.24, 2.45) is 0 Å². The van der Waals surface area contributed by atoms with Crippen LogP contribution in [0.25, 0.3) is 0 Å². The second-order valence-electron chi connectivity index (χ2n) is 6.41. The van der Waals surface area contributed by atoms with Crippen LogP contribution in [-0.4, -0.2) is 36.0 Å². The first kappa shape index (κ1) is 20.4. The number of rotatable bonds is 7. The van der Waals surface area contributed by atoms with Gasteiger partial charge in [-0.1, -0.05) is 6.07 Å². The third-order valence-electron chi connectivity index (χ3n) is 4.54. The highest BCUT2D eigenvalue weighted by atomic mass is 32.2. The van der Waals surface area contributed by atoms with E-state index in [-0.39, 0.29) is 23.7 Å². The van der Waals surface area contributed by atoms with Crippen LogP contribution in [0.3, 0.4) is 0 Å². The van der Waals surface area contributed by atoms with Crippen molar-refractivity contribution in [1.82, 2.24) is 14.5 Å². The summed E-state index contributed by atoms with van der Waals surface area (Å²) in [5.41, 5.74) is 1.41. The number of nitrogens with one attached hydrogen (secondary N) is 2. The van der Waals surface area contributed by atoms with Crippen molar-refractivity contribution in [3.05, 3.63) is 46.9 Å². The van der Waals surface area contributed by atoms with Gasteiger partial charge in [-0.2, -0.15) is 10.3 Å². The Hall–Kier alpha value is -2.31. The Morgan fingerprint density at radius 1 is 1.50 bits per heavy atom. The molecule has 0 saturated carbocycles. The largest absolute Gasteiger partial charge is 0.595 e. The average Bonchev–Trinajstić information content (AvgIpc) is 3.06. The van der Waals surface area contributed by atoms with Gasteiger partial charge in [0.25, 0.3) is 0 Å². The Labute approximate surface area is 162 Å². The smallest absolute Gasteiger partial charge is 0.327 e. The number of hydrogen-bond donors (Lipinski definition) is 3. The molecule has 0 amide bonds. The normalized spacial score (nSPS) is 17.8. The lowest BCUT2D eigenvalue weighted by Gasteiger charge is -2.24. The lowest BCUT2D eigenvalue weighted by molar-refractivity contribution is -0.991. The number of quaternary nitrogens is 1. The van der Waals surface area contributed by atoms with Crippen LogP contribution >= 0.6 is 0 Å². The molecule has 3 rings (SSSR count). The molecule has 0 saturated heterocycles. The van der Waals surface area contributed by atoms with Gasteiger partial charge < -0.3 is 9.94 Å². The topological polar surface area (TPSA) is 138 Å². The Kier molecular flexibility index (Phi) is 6.10. The van der Waals surface area contributed by atoms with Crippen LogP contribution in [0.15, 0.2) is 35.4 Å². The van der Waals surface area contributed by atoms with Crippen LogP contribution in [0, 0.1) is 5.21 Å². The van der Waals surface area contributed by atoms with Crippen molar-refractivity contribution in [3.63, 3.8) is 0 Å². The number of hydrogen-bond acceptors (Lipinski definition) is 7. The van der Waals surface area contributed by atoms with Crippen LogP contribution in [0.5, 0.6) is 0 Å². The molecule has 2 atom stereocenters. The van der Waals surface area contributed by atoms with Gasteiger partial charge in [-0.3, -0.25) is 9.48 Å². The number of benzene rings is 1. The summed E-state index contributed by atoms with van der Waals surface area (Å²) in [6, 6.07) is 4.70. The van der Waals surface area contributed by atoms with Crippen LogP contribution in [-0.2, 0) is 32.5 Å². The lowest BCUT2D eigenvalue weighted by Crippen LogP contribution is -2.99. The van der Waals surface area contributed by atoms with Gasteiger partial charge in [0.1, 0.15) is 6.54 Å². The number of nitrogens with zero attached hydrogens (tertiary/aromatic N) is 2. The molecule has 1 aliphatic rings. The van der Waals surface area contributed by atoms with Crippen molar-refractivity contribution in [2.75, 3.05) is 6.61 Å². The van der Waals surface area contributed by atoms with Crippen LogP contribution in [0.4, 0.5) is 5.69 Å². The minimum Gasteiger partial charge on any atom is -0.595 e. The van der Waals surface area contributed by atoms with E-state index in [2.05, 4.69) is 9.82 Å². The number of esters is 1. The van der Waals surface area contributed by atoms with E-state index >= 15 is 0 Å². The maximum Gasteiger partial charge on any atom is 0.327 e. The monoisotopic (exact) mass is 410 g/mol. The van der Waals surface area contributed by atoms with Gasteiger partial charge in [-0.15, -0.1) is 0 Å². The van der Waals surface area contributed by atoms with Gasteiger partial charge in [0.05, 0.1) is 23.7 Å². The lowest BCUT2D eigenvalue weighted by atomic mass is 9.94. The van der Waals surface area contributed by atoms with Gasteiger partial charge in [0.15, 0.2) is 5.69 Å². The fourth-order valence-electron chi connectivity index (χ4n) is 3.26. The summed E-state index contributed by atoms with van der Waals surface area (Å²) in [7, 11) is -3.92. The first-order valence-corrected chi connectivity index (χ1v) is 10.4. The predicted molar refractivity (Wildman–Crippen MR) is 97.1 cm³/mol. The molecule has 1 aromatic heterocycles. The maximum absolute atomic E-state index is 12.7. The number of fused-ring (bicyclic) bond motifs is 1. The predicted octanol–water partition coefficient (Wildman–Crippen LogP) is 0.206. The SMILES string of the molecule is CCOC(=O)Cn1ncc2c1CCCC2NS(=O)(=O)c1cccc([NH+]([O-])O)c1. The summed E-state index contributed by atoms with van der Waals surface area (Å²) in [5, 5.41) is 23.2. The van der Waals surface area contributed by atoms with Crippen molar-refractivity contribution >= 4 is 21.7 Å². The van der Waals surface area contributed by atoms with Crippen molar-refractivity contribution in [1.29, 1.82) is 0 Å². The molecule has 152 valence electrons. The second kappa shape index (κ2) is 8.37. The second-order valence-corrected chi connectivity index (χ2v) is 8.12. The Morgan fingerprint density at radius 3 is 3.00 bits per heavy atom. The number of aromatic nitrogens is 2. The molecule has 2 unspecified atom stereocenters. The van der Waals surface area contributed by atoms with E-state index in [1.807, 2.05) is 0 Å². The highest BCUT2D eigenvalue weighted by molar-refractivity contribution is 7.89. The molecule has 2 aromatic rings. The molecule has 28 heavy (non-hydrogen) atoms. The average molecular weight is 410 g/mol. The third-order valence-corrected chi connectivity index (χ3v) is 6.01. The van der Waals surface area contributed by atoms with Crippen molar-refractivity contribution in [2.45, 2.75) is 43.7 Å². The van der Waals surface area contributed by atoms with E-state index in [0.717, 1.165) is 18.2 Å². The van der Waals surface area contributed by atoms with Gasteiger partial charge in [-0.05, 0) is 32.3 Å². The van der Waals surface area contributed by atoms with Crippen LogP contribution < -0.4 is 9.95 Å². The maximum atomic E-state index is 12.7. The van der Waals surface area contributed by atoms with E-state index in [9.17, 15) is 18.4 Å². The standard InChI is InChI=1S/C17H22N4O6S/c1-2-27-17(22)11-20-16-8-4-7-15(14(16)10-18-20)19-28(25,26)13-6-3-5-12(9-13)21(23)24/h3,5-6,9-10,15,19,21,23H,2,4,7-8,11H2,1H3. The summed E-state index contributed by atoms with van der Waals surface area (Å²) in [6.45, 7) is 1.98. The zero-order valence-electron chi connectivity index (χ0n) is 15.3. The molecule has 11 heteroatoms. The summed E-state index contributed by atoms with van der Waals surface area (Å²) in [5.74, 6) is -0.401. The molecule has 0 bridgehead atoms. The fraction of sp³-hybridized carbons (Fsp3) is 0.412. The molecule has 0 spiro atoms. The molecule has 0 aliphatic heterocycles. The van der Waals surface area contributed by atoms with E-state index in [0.29, 0.717) is 18.4 Å². The first-order chi connectivity index (χ1) is 13.3. The minimum absolute atomic E-state index is 0.0245. The molecule has 0 radical (unpaired) electrons. The zero-order chi connectivity index (χ0) is 20.3. The molecule has 3 N–H and O–H groups in total. The fourth-order valence-corrected chi connectivity index (χ4v) is 4.55. The molecule has 10 nitrogen and oxygen atoms in total. The van der Waals surface area contributed by atoms with Crippen molar-refractivity contribution in [3.8, 4) is 0 Å². The molecule has 1 aliphatic carbocycles. The van der Waals surface area contributed by atoms with Gasteiger partial charge in [-0.25, -0.2) is 18.3 Å². The number of ether oxygens (including phenoxy) is 1. The molecule has 1 aromatic carbocycles. The van der Waals surface area contributed by atoms with Gasteiger partial charge in [0.2, 0.25) is 10.0 Å². The number of carbonyl (C=O) groups is 1. The summed E-state index contributed by atoms with van der Waals surface area (Å²) < 4.78 is 34.6. The van der Waals surface area contributed by atoms with E-state index in [4.69, 9.17) is 9.94 Å². The quantitative estimate of drug-likeness (QED) is 0.438. The van der Waals surface area contributed by atoms with E-state index < -0.39 is 27.3 Å².